The molecule has 1 aromatic heterocycles. The third-order valence-electron chi connectivity index (χ3n) is 3.34. The van der Waals surface area contributed by atoms with E-state index in [2.05, 4.69) is 10.2 Å². The van der Waals surface area contributed by atoms with Gasteiger partial charge < -0.3 is 4.57 Å². The lowest BCUT2D eigenvalue weighted by Crippen LogP contribution is -1.95. The Labute approximate surface area is 153 Å². The van der Waals surface area contributed by atoms with Gasteiger partial charge in [-0.1, -0.05) is 52.6 Å². The summed E-state index contributed by atoms with van der Waals surface area (Å²) < 4.78 is 1.94. The molecule has 23 heavy (non-hydrogen) atoms. The molecule has 0 N–H and O–H groups in total. The molecule has 0 aliphatic heterocycles. The van der Waals surface area contributed by atoms with Gasteiger partial charge in [0.1, 0.15) is 0 Å². The van der Waals surface area contributed by atoms with Crippen molar-refractivity contribution in [3.63, 3.8) is 0 Å². The summed E-state index contributed by atoms with van der Waals surface area (Å²) in [6.07, 6.45) is 0. The second-order valence-electron chi connectivity index (χ2n) is 4.86. The molecule has 0 amide bonds. The fraction of sp³-hybridized carbons (Fsp3) is 0.125. The quantitative estimate of drug-likeness (QED) is 0.538. The van der Waals surface area contributed by atoms with Crippen molar-refractivity contribution < 1.29 is 0 Å². The summed E-state index contributed by atoms with van der Waals surface area (Å²) >= 11 is 19.9. The molecule has 0 bridgehead atoms. The van der Waals surface area contributed by atoms with Crippen LogP contribution in [0.4, 0.5) is 0 Å². The molecule has 0 unspecified atom stereocenters. The molecule has 0 aliphatic rings. The lowest BCUT2D eigenvalue weighted by Gasteiger charge is -2.07. The average Bonchev–Trinajstić information content (AvgIpc) is 2.89. The van der Waals surface area contributed by atoms with Crippen LogP contribution in [0, 0.1) is 0 Å². The Balaban J connectivity index is 1.81. The maximum Gasteiger partial charge on any atom is 0.191 e. The van der Waals surface area contributed by atoms with Crippen LogP contribution in [0.15, 0.2) is 47.6 Å². The molecule has 3 rings (SSSR count). The summed E-state index contributed by atoms with van der Waals surface area (Å²) in [6, 6.07) is 13.0. The Hall–Kier alpha value is -1.20. The zero-order chi connectivity index (χ0) is 16.4. The molecule has 7 heteroatoms. The predicted octanol–water partition coefficient (Wildman–Crippen LogP) is 5.73. The number of aromatic nitrogens is 3. The lowest BCUT2D eigenvalue weighted by atomic mass is 10.2. The van der Waals surface area contributed by atoms with Crippen LogP contribution >= 0.6 is 46.6 Å². The third-order valence-corrected chi connectivity index (χ3v) is 5.35. The highest BCUT2D eigenvalue weighted by Gasteiger charge is 2.13. The molecule has 0 atom stereocenters. The van der Waals surface area contributed by atoms with Gasteiger partial charge in [-0.3, -0.25) is 0 Å². The Morgan fingerprint density at radius 2 is 1.61 bits per heavy atom. The maximum absolute atomic E-state index is 6.20. The number of benzene rings is 2. The van der Waals surface area contributed by atoms with E-state index >= 15 is 0 Å². The summed E-state index contributed by atoms with van der Waals surface area (Å²) in [6.45, 7) is 0. The lowest BCUT2D eigenvalue weighted by molar-refractivity contribution is 0.794. The molecule has 0 saturated heterocycles. The van der Waals surface area contributed by atoms with Crippen LogP contribution in [0.25, 0.3) is 11.4 Å². The van der Waals surface area contributed by atoms with Gasteiger partial charge in [-0.15, -0.1) is 10.2 Å². The van der Waals surface area contributed by atoms with Crippen LogP contribution in [0.5, 0.6) is 0 Å². The molecule has 2 aromatic carbocycles. The maximum atomic E-state index is 6.20. The first-order chi connectivity index (χ1) is 11.1. The predicted molar refractivity (Wildman–Crippen MR) is 97.5 cm³/mol. The monoisotopic (exact) mass is 383 g/mol. The van der Waals surface area contributed by atoms with Gasteiger partial charge in [-0.2, -0.15) is 0 Å². The van der Waals surface area contributed by atoms with Gasteiger partial charge >= 0.3 is 0 Å². The highest BCUT2D eigenvalue weighted by molar-refractivity contribution is 7.98. The minimum atomic E-state index is 0.630. The van der Waals surface area contributed by atoms with Gasteiger partial charge in [0.05, 0.1) is 0 Å². The fourth-order valence-corrected chi connectivity index (χ4v) is 3.88. The van der Waals surface area contributed by atoms with Gasteiger partial charge in [0, 0.05) is 33.4 Å². The van der Waals surface area contributed by atoms with E-state index in [0.29, 0.717) is 20.8 Å². The highest BCUT2D eigenvalue weighted by Crippen LogP contribution is 2.31. The zero-order valence-corrected chi connectivity index (χ0v) is 15.2. The summed E-state index contributed by atoms with van der Waals surface area (Å²) in [4.78, 5) is 0. The van der Waals surface area contributed by atoms with Gasteiger partial charge in [-0.25, -0.2) is 0 Å². The zero-order valence-electron chi connectivity index (χ0n) is 12.1. The topological polar surface area (TPSA) is 30.7 Å². The Kier molecular flexibility index (Phi) is 5.17. The van der Waals surface area contributed by atoms with Crippen molar-refractivity contribution >= 4 is 46.6 Å². The van der Waals surface area contributed by atoms with Crippen molar-refractivity contribution in [2.24, 2.45) is 7.05 Å². The van der Waals surface area contributed by atoms with Crippen LogP contribution in [-0.2, 0) is 12.8 Å². The molecule has 118 valence electrons. The van der Waals surface area contributed by atoms with E-state index in [9.17, 15) is 0 Å². The van der Waals surface area contributed by atoms with Crippen molar-refractivity contribution in [1.82, 2.24) is 14.8 Å². The second kappa shape index (κ2) is 7.14. The van der Waals surface area contributed by atoms with Crippen LogP contribution in [0.1, 0.15) is 5.56 Å². The highest BCUT2D eigenvalue weighted by atomic mass is 35.5. The standard InChI is InChI=1S/C16H12Cl3N3S/c1-22-15(10-5-7-11(17)8-6-10)20-21-16(22)23-9-12-13(18)3-2-4-14(12)19/h2-8H,9H2,1H3. The van der Waals surface area contributed by atoms with Crippen molar-refractivity contribution in [3.05, 3.63) is 63.1 Å². The van der Waals surface area contributed by atoms with Crippen LogP contribution in [0.3, 0.4) is 0 Å². The van der Waals surface area contributed by atoms with E-state index in [-0.39, 0.29) is 0 Å². The average molecular weight is 385 g/mol. The van der Waals surface area contributed by atoms with E-state index in [4.69, 9.17) is 34.8 Å². The minimum Gasteiger partial charge on any atom is -0.305 e. The van der Waals surface area contributed by atoms with Gasteiger partial charge in [0.15, 0.2) is 11.0 Å². The normalized spacial score (nSPS) is 11.0. The number of nitrogens with zero attached hydrogens (tertiary/aromatic N) is 3. The summed E-state index contributed by atoms with van der Waals surface area (Å²) in [7, 11) is 1.93. The summed E-state index contributed by atoms with van der Waals surface area (Å²) in [5, 5.41) is 11.3. The molecule has 1 heterocycles. The van der Waals surface area contributed by atoms with Crippen molar-refractivity contribution in [2.75, 3.05) is 0 Å². The van der Waals surface area contributed by atoms with E-state index in [1.807, 2.05) is 54.1 Å². The molecule has 3 nitrogen and oxygen atoms in total. The first-order valence-electron chi connectivity index (χ1n) is 6.77. The van der Waals surface area contributed by atoms with Gasteiger partial charge in [-0.05, 0) is 42.0 Å². The first-order valence-corrected chi connectivity index (χ1v) is 8.89. The molecular weight excluding hydrogens is 373 g/mol. The van der Waals surface area contributed by atoms with E-state index in [1.54, 1.807) is 11.8 Å². The SMILES string of the molecule is Cn1c(SCc2c(Cl)cccc2Cl)nnc1-c1ccc(Cl)cc1. The Morgan fingerprint density at radius 3 is 2.26 bits per heavy atom. The largest absolute Gasteiger partial charge is 0.305 e. The molecule has 0 spiro atoms. The summed E-state index contributed by atoms with van der Waals surface area (Å²) in [5.41, 5.74) is 1.86. The van der Waals surface area contributed by atoms with E-state index in [0.717, 1.165) is 22.1 Å². The number of thioether (sulfide) groups is 1. The Bertz CT molecular complexity index is 811. The molecular formula is C16H12Cl3N3S. The van der Waals surface area contributed by atoms with Crippen molar-refractivity contribution in [2.45, 2.75) is 10.9 Å². The second-order valence-corrected chi connectivity index (χ2v) is 7.05. The van der Waals surface area contributed by atoms with Crippen LogP contribution in [-0.4, -0.2) is 14.8 Å². The number of hydrogen-bond donors (Lipinski definition) is 0. The van der Waals surface area contributed by atoms with Crippen molar-refractivity contribution in [1.29, 1.82) is 0 Å². The third kappa shape index (κ3) is 3.66. The smallest absolute Gasteiger partial charge is 0.191 e. The first kappa shape index (κ1) is 16.7. The van der Waals surface area contributed by atoms with Gasteiger partial charge in [0.25, 0.3) is 0 Å². The number of hydrogen-bond acceptors (Lipinski definition) is 3. The molecule has 0 fully saturated rings. The van der Waals surface area contributed by atoms with Crippen LogP contribution in [0.2, 0.25) is 15.1 Å². The molecule has 0 radical (unpaired) electrons. The van der Waals surface area contributed by atoms with Crippen LogP contribution < -0.4 is 0 Å². The number of halogens is 3. The summed E-state index contributed by atoms with van der Waals surface area (Å²) in [5.74, 6) is 1.42. The number of rotatable bonds is 4. The van der Waals surface area contributed by atoms with Crippen molar-refractivity contribution in [3.8, 4) is 11.4 Å². The van der Waals surface area contributed by atoms with E-state index in [1.165, 1.54) is 0 Å². The molecule has 3 aromatic rings. The molecule has 0 saturated carbocycles. The Morgan fingerprint density at radius 1 is 0.957 bits per heavy atom. The van der Waals surface area contributed by atoms with Gasteiger partial charge in [0.2, 0.25) is 0 Å². The minimum absolute atomic E-state index is 0.630. The fourth-order valence-electron chi connectivity index (χ4n) is 2.10. The van der Waals surface area contributed by atoms with E-state index < -0.39 is 0 Å². The molecule has 0 aliphatic carbocycles.